The summed E-state index contributed by atoms with van der Waals surface area (Å²) in [5, 5.41) is 9.73. The van der Waals surface area contributed by atoms with Gasteiger partial charge in [0.15, 0.2) is 11.5 Å². The van der Waals surface area contributed by atoms with Crippen LogP contribution in [0.2, 0.25) is 0 Å². The molecule has 0 aliphatic heterocycles. The van der Waals surface area contributed by atoms with Gasteiger partial charge in [0.1, 0.15) is 0 Å². The van der Waals surface area contributed by atoms with Gasteiger partial charge in [0, 0.05) is 12.1 Å². The molecule has 0 bridgehead atoms. The third-order valence-electron chi connectivity index (χ3n) is 1.76. The zero-order valence-electron chi connectivity index (χ0n) is 8.23. The molecule has 14 heavy (non-hydrogen) atoms. The fourth-order valence-electron chi connectivity index (χ4n) is 1.14. The van der Waals surface area contributed by atoms with Gasteiger partial charge in [-0.3, -0.25) is 0 Å². The van der Waals surface area contributed by atoms with Gasteiger partial charge in [0.25, 0.3) is 0 Å². The van der Waals surface area contributed by atoms with E-state index in [0.29, 0.717) is 18.9 Å². The summed E-state index contributed by atoms with van der Waals surface area (Å²) in [6.07, 6.45) is 3.56. The summed E-state index contributed by atoms with van der Waals surface area (Å²) in [5.74, 6) is 0.672. The molecular weight excluding hydrogens is 178 g/mol. The van der Waals surface area contributed by atoms with Crippen molar-refractivity contribution in [3.8, 4) is 11.5 Å². The topological polar surface area (TPSA) is 55.5 Å². The minimum absolute atomic E-state index is 0.166. The molecule has 3 nitrogen and oxygen atoms in total. The van der Waals surface area contributed by atoms with Crippen LogP contribution in [0.4, 0.5) is 0 Å². The van der Waals surface area contributed by atoms with Crippen molar-refractivity contribution in [2.24, 2.45) is 5.73 Å². The molecule has 0 fully saturated rings. The second-order valence-electron chi connectivity index (χ2n) is 2.77. The highest BCUT2D eigenvalue weighted by atomic mass is 16.5. The Balaban J connectivity index is 2.95. The van der Waals surface area contributed by atoms with Gasteiger partial charge in [-0.1, -0.05) is 24.3 Å². The highest BCUT2D eigenvalue weighted by molar-refractivity contribution is 5.61. The average molecular weight is 193 g/mol. The molecule has 0 heterocycles. The molecule has 1 rings (SSSR count). The molecule has 0 atom stereocenters. The summed E-state index contributed by atoms with van der Waals surface area (Å²) in [6.45, 7) is 2.87. The normalized spacial score (nSPS) is 10.7. The van der Waals surface area contributed by atoms with Crippen molar-refractivity contribution >= 4 is 6.08 Å². The molecule has 0 unspecified atom stereocenters. The Hall–Kier alpha value is -1.48. The van der Waals surface area contributed by atoms with E-state index in [9.17, 15) is 5.11 Å². The van der Waals surface area contributed by atoms with Gasteiger partial charge < -0.3 is 15.6 Å². The number of aromatic hydroxyl groups is 1. The van der Waals surface area contributed by atoms with E-state index in [4.69, 9.17) is 10.5 Å². The van der Waals surface area contributed by atoms with Gasteiger partial charge in [0.2, 0.25) is 0 Å². The van der Waals surface area contributed by atoms with E-state index in [1.807, 2.05) is 19.1 Å². The van der Waals surface area contributed by atoms with Crippen LogP contribution in [-0.4, -0.2) is 18.3 Å². The lowest BCUT2D eigenvalue weighted by Gasteiger charge is -2.07. The predicted octanol–water partition coefficient (Wildman–Crippen LogP) is 1.76. The van der Waals surface area contributed by atoms with Gasteiger partial charge in [0.05, 0.1) is 6.61 Å². The third-order valence-corrected chi connectivity index (χ3v) is 1.76. The molecule has 0 radical (unpaired) electrons. The van der Waals surface area contributed by atoms with Crippen LogP contribution >= 0.6 is 0 Å². The second-order valence-corrected chi connectivity index (χ2v) is 2.77. The summed E-state index contributed by atoms with van der Waals surface area (Å²) in [5.41, 5.74) is 6.05. The van der Waals surface area contributed by atoms with Crippen LogP contribution < -0.4 is 10.5 Å². The minimum Gasteiger partial charge on any atom is -0.504 e. The molecule has 76 valence electrons. The Labute approximate surface area is 83.8 Å². The molecule has 0 aliphatic carbocycles. The molecule has 0 saturated heterocycles. The van der Waals surface area contributed by atoms with E-state index in [2.05, 4.69) is 0 Å². The maximum Gasteiger partial charge on any atom is 0.165 e. The molecule has 0 aromatic heterocycles. The second kappa shape index (κ2) is 5.29. The number of hydrogen-bond donors (Lipinski definition) is 2. The van der Waals surface area contributed by atoms with E-state index < -0.39 is 0 Å². The molecular formula is C11H15NO2. The lowest BCUT2D eigenvalue weighted by atomic mass is 10.1. The van der Waals surface area contributed by atoms with Crippen LogP contribution in [0.3, 0.4) is 0 Å². The van der Waals surface area contributed by atoms with Crippen molar-refractivity contribution in [2.75, 3.05) is 13.2 Å². The molecule has 0 aliphatic rings. The monoisotopic (exact) mass is 193 g/mol. The highest BCUT2D eigenvalue weighted by Gasteiger charge is 2.04. The Kier molecular flexibility index (Phi) is 4.01. The predicted molar refractivity (Wildman–Crippen MR) is 57.4 cm³/mol. The van der Waals surface area contributed by atoms with E-state index in [1.54, 1.807) is 18.2 Å². The van der Waals surface area contributed by atoms with Gasteiger partial charge >= 0.3 is 0 Å². The van der Waals surface area contributed by atoms with Crippen molar-refractivity contribution in [3.05, 3.63) is 29.8 Å². The van der Waals surface area contributed by atoms with Crippen LogP contribution in [0.5, 0.6) is 11.5 Å². The fraction of sp³-hybridized carbons (Fsp3) is 0.273. The Morgan fingerprint density at radius 3 is 2.93 bits per heavy atom. The van der Waals surface area contributed by atoms with Crippen molar-refractivity contribution < 1.29 is 9.84 Å². The summed E-state index contributed by atoms with van der Waals surface area (Å²) in [6, 6.07) is 5.38. The van der Waals surface area contributed by atoms with Crippen LogP contribution in [0.1, 0.15) is 12.5 Å². The number of para-hydroxylation sites is 1. The fourth-order valence-corrected chi connectivity index (χ4v) is 1.14. The highest BCUT2D eigenvalue weighted by Crippen LogP contribution is 2.30. The average Bonchev–Trinajstić information content (AvgIpc) is 2.20. The number of benzene rings is 1. The summed E-state index contributed by atoms with van der Waals surface area (Å²) in [4.78, 5) is 0. The van der Waals surface area contributed by atoms with E-state index in [0.717, 1.165) is 5.56 Å². The smallest absolute Gasteiger partial charge is 0.165 e. The number of hydrogen-bond acceptors (Lipinski definition) is 3. The van der Waals surface area contributed by atoms with E-state index >= 15 is 0 Å². The summed E-state index contributed by atoms with van der Waals surface area (Å²) in [7, 11) is 0. The molecule has 0 amide bonds. The SMILES string of the molecule is CCOc1cccc(/C=C/CN)c1O. The Morgan fingerprint density at radius 2 is 2.29 bits per heavy atom. The number of phenols is 1. The zero-order chi connectivity index (χ0) is 10.4. The van der Waals surface area contributed by atoms with Crippen LogP contribution in [0, 0.1) is 0 Å². The Bertz CT molecular complexity index is 321. The molecule has 3 heteroatoms. The first-order valence-electron chi connectivity index (χ1n) is 4.61. The zero-order valence-corrected chi connectivity index (χ0v) is 8.23. The van der Waals surface area contributed by atoms with Gasteiger partial charge in [-0.05, 0) is 13.0 Å². The Morgan fingerprint density at radius 1 is 1.50 bits per heavy atom. The summed E-state index contributed by atoms with van der Waals surface area (Å²) >= 11 is 0. The van der Waals surface area contributed by atoms with Crippen LogP contribution in [0.15, 0.2) is 24.3 Å². The first-order valence-corrected chi connectivity index (χ1v) is 4.61. The van der Waals surface area contributed by atoms with Gasteiger partial charge in [-0.15, -0.1) is 0 Å². The van der Waals surface area contributed by atoms with Crippen molar-refractivity contribution in [1.29, 1.82) is 0 Å². The van der Waals surface area contributed by atoms with Crippen LogP contribution in [-0.2, 0) is 0 Å². The number of rotatable bonds is 4. The van der Waals surface area contributed by atoms with E-state index in [1.165, 1.54) is 0 Å². The number of phenolic OH excluding ortho intramolecular Hbond substituents is 1. The van der Waals surface area contributed by atoms with Crippen molar-refractivity contribution in [3.63, 3.8) is 0 Å². The van der Waals surface area contributed by atoms with Crippen molar-refractivity contribution in [1.82, 2.24) is 0 Å². The first kappa shape index (κ1) is 10.6. The minimum atomic E-state index is 0.166. The molecule has 0 saturated carbocycles. The number of ether oxygens (including phenoxy) is 1. The van der Waals surface area contributed by atoms with Gasteiger partial charge in [-0.2, -0.15) is 0 Å². The summed E-state index contributed by atoms with van der Waals surface area (Å²) < 4.78 is 5.24. The standard InChI is InChI=1S/C11H15NO2/c1-2-14-10-7-3-5-9(11(10)13)6-4-8-12/h3-7,13H,2,8,12H2,1H3/b6-4+. The lowest BCUT2D eigenvalue weighted by Crippen LogP contribution is -1.93. The van der Waals surface area contributed by atoms with Gasteiger partial charge in [-0.25, -0.2) is 0 Å². The third kappa shape index (κ3) is 2.50. The van der Waals surface area contributed by atoms with Crippen molar-refractivity contribution in [2.45, 2.75) is 6.92 Å². The molecule has 0 spiro atoms. The maximum absolute atomic E-state index is 9.73. The van der Waals surface area contributed by atoms with E-state index in [-0.39, 0.29) is 5.75 Å². The van der Waals surface area contributed by atoms with Crippen LogP contribution in [0.25, 0.3) is 6.08 Å². The number of nitrogens with two attached hydrogens (primary N) is 1. The molecule has 3 N–H and O–H groups in total. The lowest BCUT2D eigenvalue weighted by molar-refractivity contribution is 0.318. The first-order chi connectivity index (χ1) is 6.79. The maximum atomic E-state index is 9.73. The largest absolute Gasteiger partial charge is 0.504 e. The quantitative estimate of drug-likeness (QED) is 0.766. The molecule has 1 aromatic rings. The molecule has 1 aromatic carbocycles.